The number of benzene rings is 1. The fourth-order valence-corrected chi connectivity index (χ4v) is 3.14. The van der Waals surface area contributed by atoms with Gasteiger partial charge < -0.3 is 4.98 Å². The van der Waals surface area contributed by atoms with Crippen LogP contribution in [0.25, 0.3) is 16.7 Å². The molecule has 0 unspecified atom stereocenters. The van der Waals surface area contributed by atoms with E-state index >= 15 is 0 Å². The molecule has 0 aliphatic rings. The summed E-state index contributed by atoms with van der Waals surface area (Å²) in [6.45, 7) is 0. The molecule has 0 aliphatic carbocycles. The molecule has 4 aromatic rings. The van der Waals surface area contributed by atoms with E-state index in [1.54, 1.807) is 18.2 Å². The molecule has 21 heavy (non-hydrogen) atoms. The summed E-state index contributed by atoms with van der Waals surface area (Å²) in [5, 5.41) is 17.8. The molecule has 0 saturated heterocycles. The van der Waals surface area contributed by atoms with Crippen LogP contribution in [-0.2, 0) is 0 Å². The molecule has 0 bridgehead atoms. The molecule has 0 saturated carbocycles. The predicted molar refractivity (Wildman–Crippen MR) is 78.8 cm³/mol. The monoisotopic (exact) mass is 337 g/mol. The first kappa shape index (κ1) is 12.8. The average Bonchev–Trinajstić information content (AvgIpc) is 3.04. The molecule has 1 aromatic carbocycles. The fraction of sp³-hybridized carbons (Fsp3) is 0. The molecule has 0 spiro atoms. The predicted octanol–water partition coefficient (Wildman–Crippen LogP) is 2.85. The molecule has 7 nitrogen and oxygen atoms in total. The van der Waals surface area contributed by atoms with Crippen molar-refractivity contribution >= 4 is 51.6 Å². The number of hydrogen-bond acceptors (Lipinski definition) is 6. The van der Waals surface area contributed by atoms with Gasteiger partial charge in [-0.05, 0) is 46.5 Å². The lowest BCUT2D eigenvalue weighted by molar-refractivity contribution is 0.702. The zero-order valence-electron chi connectivity index (χ0n) is 10.2. The van der Waals surface area contributed by atoms with Gasteiger partial charge in [0, 0.05) is 5.02 Å². The second kappa shape index (κ2) is 4.83. The van der Waals surface area contributed by atoms with Gasteiger partial charge in [-0.1, -0.05) is 23.2 Å². The maximum absolute atomic E-state index is 6.12. The molecule has 0 atom stereocenters. The van der Waals surface area contributed by atoms with Crippen LogP contribution in [0.1, 0.15) is 0 Å². The first-order valence-electron chi connectivity index (χ1n) is 5.77. The van der Waals surface area contributed by atoms with Crippen molar-refractivity contribution in [2.45, 2.75) is 10.2 Å². The van der Waals surface area contributed by atoms with Crippen molar-refractivity contribution in [3.05, 3.63) is 34.3 Å². The standard InChI is InChI=1S/C11H5Cl2N7S/c12-5-3-6(13)10-7(4-5)14-11(15-10)21-9-2-1-8-16-18-19-20(8)17-9/h1-4H,(H,14,15). The van der Waals surface area contributed by atoms with Crippen molar-refractivity contribution in [2.75, 3.05) is 0 Å². The lowest BCUT2D eigenvalue weighted by Gasteiger charge is -1.95. The van der Waals surface area contributed by atoms with Crippen LogP contribution >= 0.6 is 35.0 Å². The largest absolute Gasteiger partial charge is 0.332 e. The molecule has 0 amide bonds. The molecule has 3 heterocycles. The van der Waals surface area contributed by atoms with Crippen LogP contribution in [0.5, 0.6) is 0 Å². The van der Waals surface area contributed by atoms with E-state index in [-0.39, 0.29) is 0 Å². The van der Waals surface area contributed by atoms with Crippen molar-refractivity contribution in [3.63, 3.8) is 0 Å². The zero-order valence-corrected chi connectivity index (χ0v) is 12.5. The molecule has 0 radical (unpaired) electrons. The third-order valence-electron chi connectivity index (χ3n) is 2.73. The van der Waals surface area contributed by atoms with Gasteiger partial charge >= 0.3 is 0 Å². The normalized spacial score (nSPS) is 11.5. The molecule has 3 aromatic heterocycles. The first-order chi connectivity index (χ1) is 10.2. The quantitative estimate of drug-likeness (QED) is 0.605. The Hall–Kier alpha value is -1.90. The van der Waals surface area contributed by atoms with Crippen LogP contribution in [0.2, 0.25) is 10.0 Å². The Labute approximate surface area is 131 Å². The van der Waals surface area contributed by atoms with Gasteiger partial charge in [-0.2, -0.15) is 0 Å². The maximum Gasteiger partial charge on any atom is 0.200 e. The third-order valence-corrected chi connectivity index (χ3v) is 4.05. The summed E-state index contributed by atoms with van der Waals surface area (Å²) in [7, 11) is 0. The number of halogens is 2. The number of fused-ring (bicyclic) bond motifs is 2. The summed E-state index contributed by atoms with van der Waals surface area (Å²) >= 11 is 13.4. The second-order valence-corrected chi connectivity index (χ2v) is 5.98. The molecule has 4 rings (SSSR count). The molecule has 10 heteroatoms. The molecule has 0 fully saturated rings. The minimum absolute atomic E-state index is 0.504. The third kappa shape index (κ3) is 2.31. The highest BCUT2D eigenvalue weighted by molar-refractivity contribution is 7.99. The van der Waals surface area contributed by atoms with Crippen LogP contribution in [0.4, 0.5) is 0 Å². The highest BCUT2D eigenvalue weighted by Crippen LogP contribution is 2.30. The molecule has 0 aliphatic heterocycles. The maximum atomic E-state index is 6.12. The molecular formula is C11H5Cl2N7S. The Morgan fingerprint density at radius 3 is 3.00 bits per heavy atom. The lowest BCUT2D eigenvalue weighted by atomic mass is 10.3. The highest BCUT2D eigenvalue weighted by atomic mass is 35.5. The van der Waals surface area contributed by atoms with Gasteiger partial charge in [-0.25, -0.2) is 4.98 Å². The van der Waals surface area contributed by atoms with Crippen LogP contribution in [0.3, 0.4) is 0 Å². The summed E-state index contributed by atoms with van der Waals surface area (Å²) in [5.41, 5.74) is 2.03. The average molecular weight is 338 g/mol. The Morgan fingerprint density at radius 2 is 2.10 bits per heavy atom. The van der Waals surface area contributed by atoms with Crippen LogP contribution in [-0.4, -0.2) is 35.2 Å². The molecule has 104 valence electrons. The fourth-order valence-electron chi connectivity index (χ4n) is 1.85. The van der Waals surface area contributed by atoms with Gasteiger partial charge in [0.15, 0.2) is 10.8 Å². The Balaban J connectivity index is 1.74. The van der Waals surface area contributed by atoms with Crippen LogP contribution < -0.4 is 0 Å². The van der Waals surface area contributed by atoms with Crippen molar-refractivity contribution in [1.29, 1.82) is 0 Å². The van der Waals surface area contributed by atoms with E-state index in [9.17, 15) is 0 Å². The minimum atomic E-state index is 0.504. The minimum Gasteiger partial charge on any atom is -0.332 e. The van der Waals surface area contributed by atoms with Gasteiger partial charge in [0.2, 0.25) is 0 Å². The van der Waals surface area contributed by atoms with Crippen LogP contribution in [0, 0.1) is 0 Å². The smallest absolute Gasteiger partial charge is 0.200 e. The van der Waals surface area contributed by atoms with Crippen molar-refractivity contribution in [3.8, 4) is 0 Å². The molecular weight excluding hydrogens is 333 g/mol. The Kier molecular flexibility index (Phi) is 2.95. The van der Waals surface area contributed by atoms with Crippen molar-refractivity contribution in [1.82, 2.24) is 35.2 Å². The van der Waals surface area contributed by atoms with Gasteiger partial charge in [-0.15, -0.1) is 14.8 Å². The van der Waals surface area contributed by atoms with Gasteiger partial charge in [0.05, 0.1) is 10.5 Å². The van der Waals surface area contributed by atoms with Gasteiger partial charge in [0.1, 0.15) is 10.5 Å². The van der Waals surface area contributed by atoms with E-state index in [4.69, 9.17) is 23.2 Å². The number of nitrogens with zero attached hydrogens (tertiary/aromatic N) is 6. The second-order valence-electron chi connectivity index (χ2n) is 4.13. The summed E-state index contributed by atoms with van der Waals surface area (Å²) in [6.07, 6.45) is 0. The summed E-state index contributed by atoms with van der Waals surface area (Å²) in [5.74, 6) is 0. The number of imidazole rings is 1. The Bertz CT molecular complexity index is 964. The van der Waals surface area contributed by atoms with E-state index in [0.29, 0.717) is 31.4 Å². The van der Waals surface area contributed by atoms with E-state index < -0.39 is 0 Å². The van der Waals surface area contributed by atoms with E-state index in [2.05, 4.69) is 30.6 Å². The Morgan fingerprint density at radius 1 is 1.19 bits per heavy atom. The number of rotatable bonds is 2. The number of aromatic amines is 1. The number of H-pyrrole nitrogens is 1. The zero-order chi connectivity index (χ0) is 14.4. The van der Waals surface area contributed by atoms with Crippen LogP contribution in [0.15, 0.2) is 34.4 Å². The highest BCUT2D eigenvalue weighted by Gasteiger charge is 2.10. The number of nitrogens with one attached hydrogen (secondary N) is 1. The summed E-state index contributed by atoms with van der Waals surface area (Å²) in [4.78, 5) is 7.58. The van der Waals surface area contributed by atoms with Crippen molar-refractivity contribution in [2.24, 2.45) is 0 Å². The number of tetrazole rings is 1. The number of aromatic nitrogens is 7. The summed E-state index contributed by atoms with van der Waals surface area (Å²) < 4.78 is 1.36. The lowest BCUT2D eigenvalue weighted by Crippen LogP contribution is -1.95. The number of hydrogen-bond donors (Lipinski definition) is 1. The van der Waals surface area contributed by atoms with E-state index in [1.165, 1.54) is 16.4 Å². The van der Waals surface area contributed by atoms with Gasteiger partial charge in [0.25, 0.3) is 0 Å². The van der Waals surface area contributed by atoms with E-state index in [1.807, 2.05) is 6.07 Å². The topological polar surface area (TPSA) is 84.7 Å². The SMILES string of the molecule is Clc1cc(Cl)c2nc(Sc3ccc4nnnn4n3)[nH]c2c1. The first-order valence-corrected chi connectivity index (χ1v) is 7.34. The van der Waals surface area contributed by atoms with Gasteiger partial charge in [-0.3, -0.25) is 0 Å². The molecule has 1 N–H and O–H groups in total. The van der Waals surface area contributed by atoms with Crippen molar-refractivity contribution < 1.29 is 0 Å². The van der Waals surface area contributed by atoms with E-state index in [0.717, 1.165) is 5.52 Å². The summed E-state index contributed by atoms with van der Waals surface area (Å²) in [6, 6.07) is 7.03.